The summed E-state index contributed by atoms with van der Waals surface area (Å²) in [5, 5.41) is 21.4. The molecule has 0 aromatic carbocycles. The van der Waals surface area contributed by atoms with Crippen molar-refractivity contribution in [1.82, 2.24) is 0 Å². The van der Waals surface area contributed by atoms with Gasteiger partial charge in [0.1, 0.15) is 5.78 Å². The molecule has 0 heterocycles. The minimum atomic E-state index is -0.560. The summed E-state index contributed by atoms with van der Waals surface area (Å²) in [4.78, 5) is 12.1. The highest BCUT2D eigenvalue weighted by molar-refractivity contribution is 5.83. The van der Waals surface area contributed by atoms with Gasteiger partial charge in [-0.3, -0.25) is 4.79 Å². The van der Waals surface area contributed by atoms with E-state index in [9.17, 15) is 15.0 Å². The van der Waals surface area contributed by atoms with Crippen molar-refractivity contribution in [3.8, 4) is 0 Å². The van der Waals surface area contributed by atoms with E-state index in [2.05, 4.69) is 13.8 Å². The molecule has 0 amide bonds. The van der Waals surface area contributed by atoms with E-state index in [1.807, 2.05) is 6.92 Å². The zero-order chi connectivity index (χ0) is 17.3. The van der Waals surface area contributed by atoms with E-state index in [0.29, 0.717) is 36.4 Å². The van der Waals surface area contributed by atoms with E-state index in [4.69, 9.17) is 0 Å². The molecule has 4 rings (SSSR count). The fourth-order valence-electron chi connectivity index (χ4n) is 7.23. The molecule has 4 aliphatic carbocycles. The quantitative estimate of drug-likeness (QED) is 0.721. The fraction of sp³-hybridized carbons (Fsp3) is 0.857. The van der Waals surface area contributed by atoms with E-state index in [-0.39, 0.29) is 17.4 Å². The number of ketones is 1. The lowest BCUT2D eigenvalue weighted by molar-refractivity contribution is -0.131. The maximum Gasteiger partial charge on any atom is 0.136 e. The molecule has 4 aliphatic rings. The molecular formula is C21H32O3. The second-order valence-electron chi connectivity index (χ2n) is 9.64. The number of rotatable bonds is 1. The van der Waals surface area contributed by atoms with Crippen LogP contribution in [0.3, 0.4) is 0 Å². The van der Waals surface area contributed by atoms with Gasteiger partial charge in [-0.1, -0.05) is 18.1 Å². The third-order valence-corrected chi connectivity index (χ3v) is 8.87. The molecule has 3 saturated carbocycles. The van der Waals surface area contributed by atoms with Gasteiger partial charge in [0.25, 0.3) is 0 Å². The monoisotopic (exact) mass is 332 g/mol. The first kappa shape index (κ1) is 16.8. The van der Waals surface area contributed by atoms with Gasteiger partial charge in [-0.15, -0.1) is 0 Å². The number of aliphatic hydroxyl groups is 2. The Bertz CT molecular complexity index is 604. The lowest BCUT2D eigenvalue weighted by atomic mass is 9.46. The van der Waals surface area contributed by atoms with Crippen molar-refractivity contribution in [3.05, 3.63) is 11.1 Å². The van der Waals surface area contributed by atoms with Gasteiger partial charge in [-0.05, 0) is 75.5 Å². The molecular weight excluding hydrogens is 300 g/mol. The van der Waals surface area contributed by atoms with Crippen molar-refractivity contribution in [2.75, 3.05) is 6.61 Å². The Kier molecular flexibility index (Phi) is 3.61. The fourth-order valence-corrected chi connectivity index (χ4v) is 7.23. The number of hydrogen-bond donors (Lipinski definition) is 2. The second-order valence-corrected chi connectivity index (χ2v) is 9.64. The van der Waals surface area contributed by atoms with Crippen LogP contribution in [0.15, 0.2) is 11.1 Å². The van der Waals surface area contributed by atoms with Crippen LogP contribution in [0.2, 0.25) is 0 Å². The number of aliphatic hydroxyl groups excluding tert-OH is 1. The summed E-state index contributed by atoms with van der Waals surface area (Å²) in [5.41, 5.74) is 1.92. The third kappa shape index (κ3) is 1.94. The van der Waals surface area contributed by atoms with Gasteiger partial charge in [0.05, 0.1) is 12.2 Å². The maximum atomic E-state index is 12.1. The molecule has 3 heteroatoms. The molecule has 3 nitrogen and oxygen atoms in total. The first-order valence-electron chi connectivity index (χ1n) is 9.79. The van der Waals surface area contributed by atoms with Crippen LogP contribution in [0.5, 0.6) is 0 Å². The van der Waals surface area contributed by atoms with Gasteiger partial charge < -0.3 is 10.2 Å². The molecule has 6 atom stereocenters. The molecule has 0 saturated heterocycles. The zero-order valence-electron chi connectivity index (χ0n) is 15.4. The number of Topliss-reactive ketones (excluding diaryl/α,β-unsaturated/α-hetero) is 1. The lowest BCUT2D eigenvalue weighted by Gasteiger charge is -2.59. The summed E-state index contributed by atoms with van der Waals surface area (Å²) in [6.07, 6.45) is 7.22. The van der Waals surface area contributed by atoms with Gasteiger partial charge in [-0.25, -0.2) is 0 Å². The summed E-state index contributed by atoms with van der Waals surface area (Å²) < 4.78 is 0. The van der Waals surface area contributed by atoms with Crippen LogP contribution in [0, 0.1) is 28.6 Å². The normalized spacial score (nSPS) is 51.2. The van der Waals surface area contributed by atoms with Gasteiger partial charge in [0.2, 0.25) is 0 Å². The highest BCUT2D eigenvalue weighted by Gasteiger charge is 2.63. The number of carbonyl (C=O) groups is 1. The van der Waals surface area contributed by atoms with Crippen LogP contribution in [0.4, 0.5) is 0 Å². The van der Waals surface area contributed by atoms with Crippen molar-refractivity contribution in [2.24, 2.45) is 28.6 Å². The topological polar surface area (TPSA) is 57.5 Å². The standard InChI is InChI=1S/C21H32O3/c1-13-10-15-16-6-8-20(3,24)19(16,2)7-5-17(15)21(12-22)9-4-14(23)11-18(13)21/h15-17,22,24H,4-12H2,1-3H3/t15-,16-,17+,19-,20?,21-/m0/s1. The van der Waals surface area contributed by atoms with Crippen molar-refractivity contribution in [1.29, 1.82) is 0 Å². The number of allylic oxidation sites excluding steroid dienone is 1. The van der Waals surface area contributed by atoms with Gasteiger partial charge in [0, 0.05) is 18.3 Å². The molecule has 3 fully saturated rings. The van der Waals surface area contributed by atoms with Crippen molar-refractivity contribution in [3.63, 3.8) is 0 Å². The van der Waals surface area contributed by atoms with E-state index in [0.717, 1.165) is 38.5 Å². The molecule has 2 N–H and O–H groups in total. The maximum absolute atomic E-state index is 12.1. The highest BCUT2D eigenvalue weighted by Crippen LogP contribution is 2.67. The first-order chi connectivity index (χ1) is 11.2. The Morgan fingerprint density at radius 1 is 1.12 bits per heavy atom. The van der Waals surface area contributed by atoms with E-state index >= 15 is 0 Å². The highest BCUT2D eigenvalue weighted by atomic mass is 16.3. The average molecular weight is 332 g/mol. The van der Waals surface area contributed by atoms with Gasteiger partial charge >= 0.3 is 0 Å². The Hall–Kier alpha value is -0.670. The van der Waals surface area contributed by atoms with Crippen molar-refractivity contribution >= 4 is 5.78 Å². The van der Waals surface area contributed by atoms with Gasteiger partial charge in [-0.2, -0.15) is 0 Å². The summed E-state index contributed by atoms with van der Waals surface area (Å²) in [5.74, 6) is 1.93. The number of carbonyl (C=O) groups excluding carboxylic acids is 1. The second kappa shape index (κ2) is 5.17. The largest absolute Gasteiger partial charge is 0.395 e. The zero-order valence-corrected chi connectivity index (χ0v) is 15.4. The van der Waals surface area contributed by atoms with Gasteiger partial charge in [0.15, 0.2) is 0 Å². The molecule has 0 aromatic rings. The van der Waals surface area contributed by atoms with Crippen LogP contribution in [0.1, 0.15) is 72.1 Å². The van der Waals surface area contributed by atoms with Crippen LogP contribution >= 0.6 is 0 Å². The summed E-state index contributed by atoms with van der Waals surface area (Å²) >= 11 is 0. The van der Waals surface area contributed by atoms with Crippen LogP contribution in [-0.4, -0.2) is 28.2 Å². The summed E-state index contributed by atoms with van der Waals surface area (Å²) in [6, 6.07) is 0. The molecule has 134 valence electrons. The predicted molar refractivity (Wildman–Crippen MR) is 93.4 cm³/mol. The van der Waals surface area contributed by atoms with E-state index in [1.165, 1.54) is 11.1 Å². The molecule has 1 unspecified atom stereocenters. The Balaban J connectivity index is 1.77. The van der Waals surface area contributed by atoms with E-state index < -0.39 is 5.60 Å². The first-order valence-corrected chi connectivity index (χ1v) is 9.79. The third-order valence-electron chi connectivity index (χ3n) is 8.87. The molecule has 0 bridgehead atoms. The van der Waals surface area contributed by atoms with Crippen LogP contribution < -0.4 is 0 Å². The van der Waals surface area contributed by atoms with E-state index in [1.54, 1.807) is 0 Å². The Morgan fingerprint density at radius 3 is 2.54 bits per heavy atom. The lowest BCUT2D eigenvalue weighted by Crippen LogP contribution is -2.55. The summed E-state index contributed by atoms with van der Waals surface area (Å²) in [7, 11) is 0. The molecule has 24 heavy (non-hydrogen) atoms. The van der Waals surface area contributed by atoms with Crippen molar-refractivity contribution in [2.45, 2.75) is 77.7 Å². The Labute approximate surface area is 145 Å². The Morgan fingerprint density at radius 2 is 1.83 bits per heavy atom. The molecule has 0 radical (unpaired) electrons. The SMILES string of the molecule is CC1=C2CC(=O)CC[C@]2(CO)[C@@H]2CC[C@@]3(C)[C@@H](CCC3(C)O)[C@@H]2C1. The number of hydrogen-bond acceptors (Lipinski definition) is 3. The molecule has 0 spiro atoms. The van der Waals surface area contributed by atoms with Crippen LogP contribution in [0.25, 0.3) is 0 Å². The predicted octanol–water partition coefficient (Wildman–Crippen LogP) is 3.63. The van der Waals surface area contributed by atoms with Crippen LogP contribution in [-0.2, 0) is 4.79 Å². The summed E-state index contributed by atoms with van der Waals surface area (Å²) in [6.45, 7) is 6.71. The molecule has 0 aliphatic heterocycles. The molecule has 0 aromatic heterocycles. The minimum Gasteiger partial charge on any atom is -0.395 e. The smallest absolute Gasteiger partial charge is 0.136 e. The number of fused-ring (bicyclic) bond motifs is 5. The van der Waals surface area contributed by atoms with Crippen molar-refractivity contribution < 1.29 is 15.0 Å². The minimum absolute atomic E-state index is 0.00703. The average Bonchev–Trinajstić information content (AvgIpc) is 2.78.